The molecule has 0 aliphatic carbocycles. The molecule has 0 aliphatic heterocycles. The summed E-state index contributed by atoms with van der Waals surface area (Å²) in [6, 6.07) is 4.44. The van der Waals surface area contributed by atoms with Gasteiger partial charge in [-0.1, -0.05) is 13.8 Å². The topological polar surface area (TPSA) is 38.3 Å². The Bertz CT molecular complexity index is 430. The van der Waals surface area contributed by atoms with Gasteiger partial charge in [0.05, 0.1) is 0 Å². The number of aryl methyl sites for hydroxylation is 1. The van der Waals surface area contributed by atoms with Crippen LogP contribution in [0.25, 0.3) is 0 Å². The third kappa shape index (κ3) is 4.54. The quantitative estimate of drug-likeness (QED) is 0.859. The molecule has 0 spiro atoms. The standard InChI is InChI=1S/C15H22FNO2/c1-5-13(6-2)17-15(18)11(4)19-14-8-7-12(16)9-10(14)3/h7-9,11,13H,5-6H2,1-4H3,(H,17,18). The Kier molecular flexibility index (Phi) is 5.80. The minimum atomic E-state index is -0.593. The van der Waals surface area contributed by atoms with Gasteiger partial charge in [-0.25, -0.2) is 4.39 Å². The number of halogens is 1. The van der Waals surface area contributed by atoms with Crippen molar-refractivity contribution in [1.82, 2.24) is 5.32 Å². The number of hydrogen-bond donors (Lipinski definition) is 1. The molecule has 1 aromatic rings. The summed E-state index contributed by atoms with van der Waals surface area (Å²) in [6.45, 7) is 7.51. The molecule has 0 saturated carbocycles. The summed E-state index contributed by atoms with van der Waals surface area (Å²) in [5.74, 6) is 0.0880. The van der Waals surface area contributed by atoms with E-state index in [0.29, 0.717) is 11.3 Å². The molecule has 1 N–H and O–H groups in total. The molecule has 106 valence electrons. The Morgan fingerprint density at radius 2 is 2.00 bits per heavy atom. The first-order valence-electron chi connectivity index (χ1n) is 6.71. The number of hydrogen-bond acceptors (Lipinski definition) is 2. The van der Waals surface area contributed by atoms with Crippen molar-refractivity contribution in [1.29, 1.82) is 0 Å². The minimum absolute atomic E-state index is 0.141. The summed E-state index contributed by atoms with van der Waals surface area (Å²) in [5.41, 5.74) is 0.683. The highest BCUT2D eigenvalue weighted by atomic mass is 19.1. The molecule has 1 unspecified atom stereocenters. The van der Waals surface area contributed by atoms with Gasteiger partial charge >= 0.3 is 0 Å². The van der Waals surface area contributed by atoms with E-state index in [-0.39, 0.29) is 17.8 Å². The van der Waals surface area contributed by atoms with Gasteiger partial charge in [0.25, 0.3) is 5.91 Å². The minimum Gasteiger partial charge on any atom is -0.481 e. The second-order valence-corrected chi connectivity index (χ2v) is 4.69. The maximum absolute atomic E-state index is 13.0. The highest BCUT2D eigenvalue weighted by Gasteiger charge is 2.18. The van der Waals surface area contributed by atoms with Crippen LogP contribution in [0.1, 0.15) is 39.2 Å². The lowest BCUT2D eigenvalue weighted by Crippen LogP contribution is -2.42. The lowest BCUT2D eigenvalue weighted by molar-refractivity contribution is -0.128. The maximum Gasteiger partial charge on any atom is 0.260 e. The van der Waals surface area contributed by atoms with E-state index in [4.69, 9.17) is 4.74 Å². The second kappa shape index (κ2) is 7.12. The highest BCUT2D eigenvalue weighted by Crippen LogP contribution is 2.19. The zero-order chi connectivity index (χ0) is 14.4. The van der Waals surface area contributed by atoms with Crippen molar-refractivity contribution in [2.45, 2.75) is 52.7 Å². The second-order valence-electron chi connectivity index (χ2n) is 4.69. The van der Waals surface area contributed by atoms with E-state index in [1.165, 1.54) is 12.1 Å². The average molecular weight is 267 g/mol. The molecule has 19 heavy (non-hydrogen) atoms. The Morgan fingerprint density at radius 3 is 2.53 bits per heavy atom. The molecule has 1 amide bonds. The van der Waals surface area contributed by atoms with E-state index in [9.17, 15) is 9.18 Å². The van der Waals surface area contributed by atoms with Crippen LogP contribution in [0.5, 0.6) is 5.75 Å². The fourth-order valence-electron chi connectivity index (χ4n) is 1.80. The molecule has 3 nitrogen and oxygen atoms in total. The highest BCUT2D eigenvalue weighted by molar-refractivity contribution is 5.81. The first-order chi connectivity index (χ1) is 8.97. The number of ether oxygens (including phenoxy) is 1. The summed E-state index contributed by atoms with van der Waals surface area (Å²) in [6.07, 6.45) is 1.19. The lowest BCUT2D eigenvalue weighted by atomic mass is 10.1. The van der Waals surface area contributed by atoms with Crippen molar-refractivity contribution in [2.24, 2.45) is 0 Å². The van der Waals surface area contributed by atoms with Crippen LogP contribution < -0.4 is 10.1 Å². The average Bonchev–Trinajstić information content (AvgIpc) is 2.38. The third-order valence-electron chi connectivity index (χ3n) is 3.14. The van der Waals surface area contributed by atoms with Crippen LogP contribution in [0.3, 0.4) is 0 Å². The van der Waals surface area contributed by atoms with Crippen LogP contribution in [0, 0.1) is 12.7 Å². The van der Waals surface area contributed by atoms with Crippen molar-refractivity contribution in [3.63, 3.8) is 0 Å². The van der Waals surface area contributed by atoms with Gasteiger partial charge in [0.15, 0.2) is 6.10 Å². The molecular formula is C15H22FNO2. The predicted octanol–water partition coefficient (Wildman–Crippen LogP) is 3.21. The molecular weight excluding hydrogens is 245 g/mol. The molecule has 0 aliphatic rings. The van der Waals surface area contributed by atoms with E-state index in [1.807, 2.05) is 13.8 Å². The number of benzene rings is 1. The fraction of sp³-hybridized carbons (Fsp3) is 0.533. The van der Waals surface area contributed by atoms with Crippen LogP contribution in [-0.4, -0.2) is 18.1 Å². The van der Waals surface area contributed by atoms with E-state index in [1.54, 1.807) is 19.9 Å². The largest absolute Gasteiger partial charge is 0.481 e. The van der Waals surface area contributed by atoms with Gasteiger partial charge in [-0.15, -0.1) is 0 Å². The van der Waals surface area contributed by atoms with Gasteiger partial charge in [-0.3, -0.25) is 4.79 Å². The van der Waals surface area contributed by atoms with Gasteiger partial charge in [0.1, 0.15) is 11.6 Å². The molecule has 1 atom stereocenters. The molecule has 0 radical (unpaired) electrons. The van der Waals surface area contributed by atoms with Gasteiger partial charge < -0.3 is 10.1 Å². The molecule has 0 fully saturated rings. The third-order valence-corrected chi connectivity index (χ3v) is 3.14. The first-order valence-corrected chi connectivity index (χ1v) is 6.71. The summed E-state index contributed by atoms with van der Waals surface area (Å²) >= 11 is 0. The normalized spacial score (nSPS) is 12.3. The number of carbonyl (C=O) groups excluding carboxylic acids is 1. The predicted molar refractivity (Wildman–Crippen MR) is 73.7 cm³/mol. The zero-order valence-electron chi connectivity index (χ0n) is 12.0. The first kappa shape index (κ1) is 15.5. The van der Waals surface area contributed by atoms with Crippen LogP contribution in [-0.2, 0) is 4.79 Å². The molecule has 0 aromatic heterocycles. The Balaban J connectivity index is 2.63. The zero-order valence-corrected chi connectivity index (χ0v) is 12.0. The molecule has 0 bridgehead atoms. The number of carbonyl (C=O) groups is 1. The summed E-state index contributed by atoms with van der Waals surface area (Å²) < 4.78 is 18.5. The Labute approximate surface area is 114 Å². The SMILES string of the molecule is CCC(CC)NC(=O)C(C)Oc1ccc(F)cc1C. The smallest absolute Gasteiger partial charge is 0.260 e. The van der Waals surface area contributed by atoms with Crippen LogP contribution in [0.15, 0.2) is 18.2 Å². The monoisotopic (exact) mass is 267 g/mol. The van der Waals surface area contributed by atoms with Crippen LogP contribution in [0.4, 0.5) is 4.39 Å². The molecule has 0 heterocycles. The van der Waals surface area contributed by atoms with Gasteiger partial charge in [0, 0.05) is 6.04 Å². The van der Waals surface area contributed by atoms with Crippen LogP contribution >= 0.6 is 0 Å². The molecule has 0 saturated heterocycles. The van der Waals surface area contributed by atoms with Crippen molar-refractivity contribution in [3.05, 3.63) is 29.6 Å². The number of nitrogens with one attached hydrogen (secondary N) is 1. The Morgan fingerprint density at radius 1 is 1.37 bits per heavy atom. The van der Waals surface area contributed by atoms with Crippen molar-refractivity contribution in [2.75, 3.05) is 0 Å². The fourth-order valence-corrected chi connectivity index (χ4v) is 1.80. The number of rotatable bonds is 6. The van der Waals surface area contributed by atoms with E-state index < -0.39 is 6.10 Å². The maximum atomic E-state index is 13.0. The van der Waals surface area contributed by atoms with Gasteiger partial charge in [0.2, 0.25) is 0 Å². The van der Waals surface area contributed by atoms with Crippen LogP contribution in [0.2, 0.25) is 0 Å². The van der Waals surface area contributed by atoms with Gasteiger partial charge in [-0.05, 0) is 50.5 Å². The number of amides is 1. The Hall–Kier alpha value is -1.58. The summed E-state index contributed by atoms with van der Waals surface area (Å²) in [4.78, 5) is 11.9. The molecule has 1 rings (SSSR count). The van der Waals surface area contributed by atoms with E-state index in [0.717, 1.165) is 12.8 Å². The lowest BCUT2D eigenvalue weighted by Gasteiger charge is -2.20. The van der Waals surface area contributed by atoms with E-state index in [2.05, 4.69) is 5.32 Å². The van der Waals surface area contributed by atoms with E-state index >= 15 is 0 Å². The van der Waals surface area contributed by atoms with Crippen molar-refractivity contribution >= 4 is 5.91 Å². The van der Waals surface area contributed by atoms with Crippen molar-refractivity contribution < 1.29 is 13.9 Å². The summed E-state index contributed by atoms with van der Waals surface area (Å²) in [5, 5.41) is 2.93. The van der Waals surface area contributed by atoms with Crippen molar-refractivity contribution in [3.8, 4) is 5.75 Å². The molecule has 4 heteroatoms. The summed E-state index contributed by atoms with van der Waals surface area (Å²) in [7, 11) is 0. The van der Waals surface area contributed by atoms with Gasteiger partial charge in [-0.2, -0.15) is 0 Å². The molecule has 1 aromatic carbocycles.